The van der Waals surface area contributed by atoms with Crippen molar-refractivity contribution in [3.8, 4) is 0 Å². The molecule has 8 heteroatoms. The first kappa shape index (κ1) is 22.3. The van der Waals surface area contributed by atoms with Crippen LogP contribution in [0.5, 0.6) is 0 Å². The first-order valence-corrected chi connectivity index (χ1v) is 10.9. The molecule has 0 bridgehead atoms. The Kier molecular flexibility index (Phi) is 6.53. The van der Waals surface area contributed by atoms with Gasteiger partial charge in [0.25, 0.3) is 11.5 Å². The van der Waals surface area contributed by atoms with E-state index in [2.05, 4.69) is 27.2 Å². The molecule has 2 aromatic heterocycles. The van der Waals surface area contributed by atoms with Crippen molar-refractivity contribution in [1.82, 2.24) is 19.9 Å². The number of H-pyrrole nitrogens is 1. The fraction of sp³-hybridized carbons (Fsp3) is 0.240. The average molecular weight is 448 g/mol. The van der Waals surface area contributed by atoms with Crippen LogP contribution in [0.2, 0.25) is 0 Å². The van der Waals surface area contributed by atoms with Gasteiger partial charge in [-0.1, -0.05) is 36.4 Å². The van der Waals surface area contributed by atoms with Gasteiger partial charge < -0.3 is 10.2 Å². The van der Waals surface area contributed by atoms with Crippen LogP contribution in [0.1, 0.15) is 34.1 Å². The van der Waals surface area contributed by atoms with Gasteiger partial charge in [0.15, 0.2) is 5.65 Å². The number of hydrogen-bond acceptors (Lipinski definition) is 4. The Morgan fingerprint density at radius 2 is 1.88 bits per heavy atom. The molecule has 2 aromatic carbocycles. The lowest BCUT2D eigenvalue weighted by Gasteiger charge is -2.23. The molecule has 4 aromatic rings. The molecule has 0 aliphatic rings. The molecule has 0 aliphatic carbocycles. The van der Waals surface area contributed by atoms with Gasteiger partial charge in [0.05, 0.1) is 0 Å². The smallest absolute Gasteiger partial charge is 0.276 e. The molecule has 0 saturated carbocycles. The van der Waals surface area contributed by atoms with Gasteiger partial charge in [0.2, 0.25) is 0 Å². The maximum atomic E-state index is 14.1. The Hall–Kier alpha value is -3.94. The van der Waals surface area contributed by atoms with Gasteiger partial charge in [-0.15, -0.1) is 0 Å². The van der Waals surface area contributed by atoms with Crippen molar-refractivity contribution in [1.29, 1.82) is 0 Å². The van der Waals surface area contributed by atoms with Crippen molar-refractivity contribution in [2.45, 2.75) is 20.3 Å². The molecule has 1 amide bonds. The first-order chi connectivity index (χ1) is 16.0. The number of nitrogens with one attached hydrogen (secondary N) is 2. The van der Waals surface area contributed by atoms with Gasteiger partial charge in [-0.2, -0.15) is 0 Å². The highest BCUT2D eigenvalue weighted by Crippen LogP contribution is 2.15. The molecule has 0 radical (unpaired) electrons. The summed E-state index contributed by atoms with van der Waals surface area (Å²) in [4.78, 5) is 32.5. The number of likely N-dealkylation sites (N-methyl/N-ethyl adjacent to an activating group) is 1. The SMILES string of the molecule is CCN(CCNC(=O)c1c[nH]n2c(=O)c(Cc3ccccc3F)c(C)nc12)c1ccccc1. The van der Waals surface area contributed by atoms with Crippen LogP contribution < -0.4 is 15.8 Å². The zero-order valence-corrected chi connectivity index (χ0v) is 18.6. The molecule has 2 heterocycles. The van der Waals surface area contributed by atoms with Crippen LogP contribution in [-0.4, -0.2) is 40.1 Å². The zero-order valence-electron chi connectivity index (χ0n) is 18.6. The van der Waals surface area contributed by atoms with Crippen molar-refractivity contribution in [2.24, 2.45) is 0 Å². The standard InChI is InChI=1S/C25H26FN5O2/c1-3-30(19-10-5-4-6-11-19)14-13-27-24(32)21-16-28-31-23(21)29-17(2)20(25(31)33)15-18-9-7-8-12-22(18)26/h4-12,16,28H,3,13-15H2,1-2H3,(H,27,32). The van der Waals surface area contributed by atoms with Crippen molar-refractivity contribution in [3.63, 3.8) is 0 Å². The molecule has 4 rings (SSSR count). The van der Waals surface area contributed by atoms with E-state index in [1.54, 1.807) is 25.1 Å². The van der Waals surface area contributed by atoms with Crippen molar-refractivity contribution in [2.75, 3.05) is 24.5 Å². The van der Waals surface area contributed by atoms with Crippen LogP contribution >= 0.6 is 0 Å². The highest BCUT2D eigenvalue weighted by molar-refractivity contribution is 5.99. The van der Waals surface area contributed by atoms with E-state index < -0.39 is 0 Å². The Morgan fingerprint density at radius 1 is 1.15 bits per heavy atom. The van der Waals surface area contributed by atoms with Crippen molar-refractivity contribution < 1.29 is 9.18 Å². The topological polar surface area (TPSA) is 82.5 Å². The summed E-state index contributed by atoms with van der Waals surface area (Å²) in [7, 11) is 0. The van der Waals surface area contributed by atoms with Gasteiger partial charge >= 0.3 is 0 Å². The van der Waals surface area contributed by atoms with Crippen LogP contribution in [-0.2, 0) is 6.42 Å². The number of aromatic nitrogens is 3. The molecule has 7 nitrogen and oxygen atoms in total. The molecule has 0 spiro atoms. The quantitative estimate of drug-likeness (QED) is 0.434. The van der Waals surface area contributed by atoms with Crippen LogP contribution in [0.15, 0.2) is 65.6 Å². The number of hydrogen-bond donors (Lipinski definition) is 2. The van der Waals surface area contributed by atoms with E-state index in [9.17, 15) is 14.0 Å². The van der Waals surface area contributed by atoms with Gasteiger partial charge in [-0.05, 0) is 37.6 Å². The van der Waals surface area contributed by atoms with Crippen LogP contribution in [0.25, 0.3) is 5.65 Å². The second-order valence-corrected chi connectivity index (χ2v) is 7.77. The monoisotopic (exact) mass is 447 g/mol. The number of benzene rings is 2. The molecular weight excluding hydrogens is 421 g/mol. The third-order valence-corrected chi connectivity index (χ3v) is 5.70. The lowest BCUT2D eigenvalue weighted by Crippen LogP contribution is -2.35. The van der Waals surface area contributed by atoms with Crippen LogP contribution in [0.4, 0.5) is 10.1 Å². The maximum Gasteiger partial charge on any atom is 0.276 e. The minimum absolute atomic E-state index is 0.125. The number of rotatable bonds is 8. The van der Waals surface area contributed by atoms with Gasteiger partial charge in [-0.25, -0.2) is 13.9 Å². The Balaban J connectivity index is 1.51. The number of aromatic amines is 1. The lowest BCUT2D eigenvalue weighted by atomic mass is 10.0. The lowest BCUT2D eigenvalue weighted by molar-refractivity contribution is 0.0956. The number of anilines is 1. The number of carbonyl (C=O) groups excluding carboxylic acids is 1. The number of halogens is 1. The largest absolute Gasteiger partial charge is 0.370 e. The fourth-order valence-electron chi connectivity index (χ4n) is 3.87. The normalized spacial score (nSPS) is 11.0. The predicted molar refractivity (Wildman–Crippen MR) is 126 cm³/mol. The van der Waals surface area contributed by atoms with E-state index >= 15 is 0 Å². The highest BCUT2D eigenvalue weighted by atomic mass is 19.1. The first-order valence-electron chi connectivity index (χ1n) is 10.9. The van der Waals surface area contributed by atoms with Gasteiger partial charge in [0.1, 0.15) is 11.4 Å². The fourth-order valence-corrected chi connectivity index (χ4v) is 3.87. The second-order valence-electron chi connectivity index (χ2n) is 7.77. The summed E-state index contributed by atoms with van der Waals surface area (Å²) in [5, 5.41) is 5.73. The number of nitrogens with zero attached hydrogens (tertiary/aromatic N) is 3. The van der Waals surface area contributed by atoms with E-state index in [0.717, 1.165) is 12.2 Å². The summed E-state index contributed by atoms with van der Waals surface area (Å²) in [6, 6.07) is 16.3. The molecule has 33 heavy (non-hydrogen) atoms. The summed E-state index contributed by atoms with van der Waals surface area (Å²) in [6.45, 7) is 5.66. The number of para-hydroxylation sites is 1. The third-order valence-electron chi connectivity index (χ3n) is 5.70. The number of carbonyl (C=O) groups is 1. The van der Waals surface area contributed by atoms with Crippen molar-refractivity contribution >= 4 is 17.2 Å². The summed E-state index contributed by atoms with van der Waals surface area (Å²) in [5.41, 5.74) is 2.56. The predicted octanol–water partition coefficient (Wildman–Crippen LogP) is 3.32. The average Bonchev–Trinajstić information content (AvgIpc) is 3.25. The highest BCUT2D eigenvalue weighted by Gasteiger charge is 2.19. The summed E-state index contributed by atoms with van der Waals surface area (Å²) < 4.78 is 15.3. The summed E-state index contributed by atoms with van der Waals surface area (Å²) in [5.74, 6) is -0.685. The Bertz CT molecular complexity index is 1330. The molecule has 0 saturated heterocycles. The number of fused-ring (bicyclic) bond motifs is 1. The second kappa shape index (κ2) is 9.68. The molecule has 0 atom stereocenters. The molecule has 170 valence electrons. The van der Waals surface area contributed by atoms with Gasteiger partial charge in [-0.3, -0.25) is 14.7 Å². The van der Waals surface area contributed by atoms with Crippen LogP contribution in [0.3, 0.4) is 0 Å². The molecular formula is C25H26FN5O2. The Labute approximate surface area is 190 Å². The van der Waals surface area contributed by atoms with E-state index in [1.165, 1.54) is 16.8 Å². The van der Waals surface area contributed by atoms with E-state index in [4.69, 9.17) is 0 Å². The molecule has 2 N–H and O–H groups in total. The van der Waals surface area contributed by atoms with Gasteiger partial charge in [0, 0.05) is 49.2 Å². The molecule has 0 fully saturated rings. The zero-order chi connectivity index (χ0) is 23.4. The van der Waals surface area contributed by atoms with Crippen molar-refractivity contribution in [3.05, 3.63) is 99.3 Å². The third kappa shape index (κ3) is 4.64. The summed E-state index contributed by atoms with van der Waals surface area (Å²) >= 11 is 0. The summed E-state index contributed by atoms with van der Waals surface area (Å²) in [6.07, 6.45) is 1.60. The van der Waals surface area contributed by atoms with E-state index in [-0.39, 0.29) is 34.9 Å². The molecule has 0 unspecified atom stereocenters. The Morgan fingerprint density at radius 3 is 2.61 bits per heavy atom. The van der Waals surface area contributed by atoms with E-state index in [0.29, 0.717) is 29.9 Å². The minimum Gasteiger partial charge on any atom is -0.370 e. The maximum absolute atomic E-state index is 14.1. The minimum atomic E-state index is -0.371. The molecule has 0 aliphatic heterocycles. The van der Waals surface area contributed by atoms with Crippen LogP contribution in [0, 0.1) is 12.7 Å². The number of aryl methyl sites for hydroxylation is 1. The van der Waals surface area contributed by atoms with E-state index in [1.807, 2.05) is 30.3 Å². The number of amides is 1.